The lowest BCUT2D eigenvalue weighted by atomic mass is 9.91. The summed E-state index contributed by atoms with van der Waals surface area (Å²) >= 11 is 0. The first kappa shape index (κ1) is 23.6. The smallest absolute Gasteiger partial charge is 0.197 e. The number of anilines is 1. The number of nitrogens with zero attached hydrogens (tertiary/aromatic N) is 2. The SMILES string of the molecule is COCCCOC1CCNC(CS(=O)c2nc3cc(N4CCOCC4)c(F)cc3[nH]2)C1C. The molecule has 2 fully saturated rings. The lowest BCUT2D eigenvalue weighted by molar-refractivity contribution is -0.0179. The number of H-pyrrole nitrogens is 1. The highest BCUT2D eigenvalue weighted by molar-refractivity contribution is 7.84. The van der Waals surface area contributed by atoms with Crippen LogP contribution in [0.1, 0.15) is 19.8 Å². The number of imidazole rings is 1. The fourth-order valence-electron chi connectivity index (χ4n) is 4.40. The van der Waals surface area contributed by atoms with Gasteiger partial charge in [-0.3, -0.25) is 4.21 Å². The van der Waals surface area contributed by atoms with Crippen LogP contribution in [0.3, 0.4) is 0 Å². The van der Waals surface area contributed by atoms with Crippen molar-refractivity contribution in [3.05, 3.63) is 17.9 Å². The lowest BCUT2D eigenvalue weighted by Crippen LogP contribution is -2.50. The van der Waals surface area contributed by atoms with Crippen molar-refractivity contribution in [2.75, 3.05) is 63.8 Å². The van der Waals surface area contributed by atoms with E-state index in [-0.39, 0.29) is 23.9 Å². The molecule has 2 saturated heterocycles. The number of halogens is 1. The van der Waals surface area contributed by atoms with E-state index in [0.717, 1.165) is 19.4 Å². The van der Waals surface area contributed by atoms with Crippen molar-refractivity contribution in [1.82, 2.24) is 15.3 Å². The van der Waals surface area contributed by atoms with Gasteiger partial charge in [0, 0.05) is 51.3 Å². The zero-order valence-corrected chi connectivity index (χ0v) is 19.6. The van der Waals surface area contributed by atoms with Crippen LogP contribution in [0.2, 0.25) is 0 Å². The molecule has 2 N–H and O–H groups in total. The van der Waals surface area contributed by atoms with Crippen LogP contribution in [-0.4, -0.2) is 85.2 Å². The van der Waals surface area contributed by atoms with Crippen molar-refractivity contribution in [1.29, 1.82) is 0 Å². The molecule has 0 spiro atoms. The number of fused-ring (bicyclic) bond motifs is 1. The van der Waals surface area contributed by atoms with Crippen molar-refractivity contribution < 1.29 is 22.8 Å². The number of rotatable bonds is 9. The minimum Gasteiger partial charge on any atom is -0.385 e. The predicted octanol–water partition coefficient (Wildman–Crippen LogP) is 2.07. The summed E-state index contributed by atoms with van der Waals surface area (Å²) in [5, 5.41) is 3.86. The summed E-state index contributed by atoms with van der Waals surface area (Å²) < 4.78 is 44.3. The molecule has 10 heteroatoms. The molecular formula is C22H33FN4O4S. The molecule has 8 nitrogen and oxygen atoms in total. The second-order valence-corrected chi connectivity index (χ2v) is 9.85. The Morgan fingerprint density at radius 1 is 1.31 bits per heavy atom. The van der Waals surface area contributed by atoms with E-state index >= 15 is 0 Å². The van der Waals surface area contributed by atoms with Crippen LogP contribution in [0.25, 0.3) is 11.0 Å². The summed E-state index contributed by atoms with van der Waals surface area (Å²) in [4.78, 5) is 9.56. The van der Waals surface area contributed by atoms with Gasteiger partial charge in [-0.05, 0) is 31.4 Å². The van der Waals surface area contributed by atoms with Crippen LogP contribution in [-0.2, 0) is 25.0 Å². The third-order valence-corrected chi connectivity index (χ3v) is 7.59. The zero-order valence-electron chi connectivity index (χ0n) is 18.8. The summed E-state index contributed by atoms with van der Waals surface area (Å²) in [6, 6.07) is 3.24. The maximum Gasteiger partial charge on any atom is 0.197 e. The molecule has 0 bridgehead atoms. The van der Waals surface area contributed by atoms with Crippen LogP contribution in [0.15, 0.2) is 17.3 Å². The quantitative estimate of drug-likeness (QED) is 0.545. The maximum absolute atomic E-state index is 14.7. The molecule has 0 saturated carbocycles. The maximum atomic E-state index is 14.7. The number of benzene rings is 1. The van der Waals surface area contributed by atoms with Crippen LogP contribution < -0.4 is 10.2 Å². The highest BCUT2D eigenvalue weighted by atomic mass is 32.2. The number of nitrogens with one attached hydrogen (secondary N) is 2. The van der Waals surface area contributed by atoms with E-state index in [1.54, 1.807) is 13.2 Å². The van der Waals surface area contributed by atoms with Crippen molar-refractivity contribution in [2.24, 2.45) is 5.92 Å². The number of hydrogen-bond acceptors (Lipinski definition) is 7. The number of methoxy groups -OCH3 is 1. The Morgan fingerprint density at radius 3 is 2.91 bits per heavy atom. The number of morpholine rings is 1. The molecule has 0 radical (unpaired) electrons. The minimum absolute atomic E-state index is 0.0610. The average Bonchev–Trinajstić information content (AvgIpc) is 3.22. The molecule has 4 atom stereocenters. The van der Waals surface area contributed by atoms with E-state index < -0.39 is 10.8 Å². The Labute approximate surface area is 190 Å². The highest BCUT2D eigenvalue weighted by Crippen LogP contribution is 2.27. The van der Waals surface area contributed by atoms with Gasteiger partial charge in [-0.15, -0.1) is 0 Å². The Hall–Kier alpha value is -1.59. The normalized spacial score (nSPS) is 25.3. The number of aromatic amines is 1. The van der Waals surface area contributed by atoms with Crippen LogP contribution in [0.5, 0.6) is 0 Å². The van der Waals surface area contributed by atoms with E-state index in [1.807, 2.05) is 4.90 Å². The molecule has 178 valence electrons. The molecule has 4 rings (SSSR count). The van der Waals surface area contributed by atoms with Crippen LogP contribution >= 0.6 is 0 Å². The molecule has 32 heavy (non-hydrogen) atoms. The van der Waals surface area contributed by atoms with Gasteiger partial charge in [-0.1, -0.05) is 6.92 Å². The van der Waals surface area contributed by atoms with Gasteiger partial charge in [0.05, 0.1) is 46.8 Å². The van der Waals surface area contributed by atoms with Gasteiger partial charge in [0.1, 0.15) is 5.82 Å². The van der Waals surface area contributed by atoms with Crippen LogP contribution in [0.4, 0.5) is 10.1 Å². The standard InChI is InChI=1S/C22H33FN4O4S/c1-15-19(24-5-4-21(15)31-9-3-8-29-2)14-32(28)22-25-17-12-16(23)20(13-18(17)26-22)27-6-10-30-11-7-27/h12-13,15,19,21,24H,3-11,14H2,1-2H3,(H,25,26). The van der Waals surface area contributed by atoms with Gasteiger partial charge in [0.2, 0.25) is 0 Å². The molecule has 1 aromatic heterocycles. The number of ether oxygens (including phenoxy) is 3. The van der Waals surface area contributed by atoms with Gasteiger partial charge < -0.3 is 29.4 Å². The third kappa shape index (κ3) is 5.48. The average molecular weight is 469 g/mol. The molecule has 0 amide bonds. The van der Waals surface area contributed by atoms with Crippen molar-refractivity contribution in [3.8, 4) is 0 Å². The Morgan fingerprint density at radius 2 is 2.12 bits per heavy atom. The summed E-state index contributed by atoms with van der Waals surface area (Å²) in [5.41, 5.74) is 1.70. The lowest BCUT2D eigenvalue weighted by Gasteiger charge is -2.36. The first-order valence-corrected chi connectivity index (χ1v) is 12.6. The summed E-state index contributed by atoms with van der Waals surface area (Å²) in [6.07, 6.45) is 1.94. The van der Waals surface area contributed by atoms with Crippen molar-refractivity contribution in [2.45, 2.75) is 37.1 Å². The molecule has 4 unspecified atom stereocenters. The molecule has 0 aliphatic carbocycles. The highest BCUT2D eigenvalue weighted by Gasteiger charge is 2.32. The van der Waals surface area contributed by atoms with Gasteiger partial charge in [-0.2, -0.15) is 0 Å². The van der Waals surface area contributed by atoms with E-state index in [4.69, 9.17) is 14.2 Å². The summed E-state index contributed by atoms with van der Waals surface area (Å²) in [6.45, 7) is 6.77. The molecule has 2 aliphatic rings. The van der Waals surface area contributed by atoms with Gasteiger partial charge in [0.25, 0.3) is 0 Å². The Balaban J connectivity index is 1.41. The second-order valence-electron chi connectivity index (χ2n) is 8.44. The van der Waals surface area contributed by atoms with E-state index in [2.05, 4.69) is 22.2 Å². The fourth-order valence-corrected chi connectivity index (χ4v) is 5.72. The molecule has 3 heterocycles. The molecular weight excluding hydrogens is 435 g/mol. The molecule has 2 aliphatic heterocycles. The zero-order chi connectivity index (χ0) is 22.5. The predicted molar refractivity (Wildman–Crippen MR) is 122 cm³/mol. The Kier molecular flexibility index (Phi) is 8.12. The topological polar surface area (TPSA) is 88.7 Å². The molecule has 1 aromatic carbocycles. The summed E-state index contributed by atoms with van der Waals surface area (Å²) in [7, 11) is 0.352. The third-order valence-electron chi connectivity index (χ3n) is 6.31. The fraction of sp³-hybridized carbons (Fsp3) is 0.682. The summed E-state index contributed by atoms with van der Waals surface area (Å²) in [5.74, 6) is 0.346. The number of piperidine rings is 1. The first-order chi connectivity index (χ1) is 15.6. The first-order valence-electron chi connectivity index (χ1n) is 11.3. The van der Waals surface area contributed by atoms with Crippen molar-refractivity contribution >= 4 is 27.5 Å². The van der Waals surface area contributed by atoms with E-state index in [0.29, 0.717) is 67.1 Å². The van der Waals surface area contributed by atoms with Gasteiger partial charge >= 0.3 is 0 Å². The number of aromatic nitrogens is 2. The van der Waals surface area contributed by atoms with Gasteiger partial charge in [-0.25, -0.2) is 9.37 Å². The number of hydrogen-bond donors (Lipinski definition) is 2. The monoisotopic (exact) mass is 468 g/mol. The van der Waals surface area contributed by atoms with E-state index in [1.165, 1.54) is 6.07 Å². The van der Waals surface area contributed by atoms with Crippen molar-refractivity contribution in [3.63, 3.8) is 0 Å². The second kappa shape index (κ2) is 11.0. The van der Waals surface area contributed by atoms with E-state index in [9.17, 15) is 8.60 Å². The van der Waals surface area contributed by atoms with Gasteiger partial charge in [0.15, 0.2) is 5.16 Å². The minimum atomic E-state index is -1.34. The Bertz CT molecular complexity index is 921. The largest absolute Gasteiger partial charge is 0.385 e. The van der Waals surface area contributed by atoms with Crippen LogP contribution in [0, 0.1) is 11.7 Å². The molecule has 2 aromatic rings.